The highest BCUT2D eigenvalue weighted by molar-refractivity contribution is 5.95. The van der Waals surface area contributed by atoms with Crippen molar-refractivity contribution in [2.75, 3.05) is 26.9 Å². The average Bonchev–Trinajstić information content (AvgIpc) is 2.60. The molecule has 1 unspecified atom stereocenters. The molecule has 1 atom stereocenters. The highest BCUT2D eigenvalue weighted by atomic mass is 16.5. The molecule has 1 aromatic carbocycles. The number of nitrogens with zero attached hydrogens (tertiary/aromatic N) is 1. The summed E-state index contributed by atoms with van der Waals surface area (Å²) in [5, 5.41) is 8.89. The van der Waals surface area contributed by atoms with Crippen LogP contribution in [0.4, 0.5) is 0 Å². The molecular formula is C18H25NO5. The molecule has 0 radical (unpaired) electrons. The molecule has 24 heavy (non-hydrogen) atoms. The number of carboxylic acids is 1. The fourth-order valence-corrected chi connectivity index (χ4v) is 2.99. The van der Waals surface area contributed by atoms with Gasteiger partial charge >= 0.3 is 5.97 Å². The van der Waals surface area contributed by atoms with Gasteiger partial charge in [-0.2, -0.15) is 0 Å². The van der Waals surface area contributed by atoms with E-state index in [4.69, 9.17) is 14.6 Å². The van der Waals surface area contributed by atoms with Gasteiger partial charge in [-0.05, 0) is 43.9 Å². The maximum atomic E-state index is 12.8. The normalized spacial score (nSPS) is 17.5. The van der Waals surface area contributed by atoms with Crippen LogP contribution >= 0.6 is 0 Å². The largest absolute Gasteiger partial charge is 0.491 e. The van der Waals surface area contributed by atoms with Crippen molar-refractivity contribution in [2.45, 2.75) is 38.1 Å². The van der Waals surface area contributed by atoms with Crippen LogP contribution in [0.15, 0.2) is 24.3 Å². The number of amides is 1. The molecule has 1 saturated heterocycles. The Balaban J connectivity index is 2.04. The number of piperidine rings is 1. The average molecular weight is 335 g/mol. The van der Waals surface area contributed by atoms with Crippen LogP contribution < -0.4 is 4.74 Å². The Hall–Kier alpha value is -2.08. The summed E-state index contributed by atoms with van der Waals surface area (Å²) in [6.45, 7) is 1.60. The monoisotopic (exact) mass is 335 g/mol. The molecule has 6 heteroatoms. The second-order valence-electron chi connectivity index (χ2n) is 5.95. The number of carboxylic acid groups (broad SMARTS) is 1. The van der Waals surface area contributed by atoms with Crippen molar-refractivity contribution in [1.29, 1.82) is 0 Å². The molecule has 6 nitrogen and oxygen atoms in total. The van der Waals surface area contributed by atoms with Gasteiger partial charge in [0.2, 0.25) is 0 Å². The van der Waals surface area contributed by atoms with Crippen molar-refractivity contribution in [2.24, 2.45) is 0 Å². The van der Waals surface area contributed by atoms with Crippen LogP contribution in [0.1, 0.15) is 42.5 Å². The maximum Gasteiger partial charge on any atom is 0.303 e. The highest BCUT2D eigenvalue weighted by Gasteiger charge is 2.27. The molecule has 0 saturated carbocycles. The molecule has 1 aliphatic heterocycles. The van der Waals surface area contributed by atoms with Gasteiger partial charge in [0.25, 0.3) is 5.91 Å². The second-order valence-corrected chi connectivity index (χ2v) is 5.95. The summed E-state index contributed by atoms with van der Waals surface area (Å²) in [5.74, 6) is -0.235. The molecule has 1 aromatic rings. The number of carbonyl (C=O) groups excluding carboxylic acids is 1. The number of hydrogen-bond donors (Lipinski definition) is 1. The molecule has 0 aromatic heterocycles. The first-order chi connectivity index (χ1) is 11.6. The van der Waals surface area contributed by atoms with Gasteiger partial charge in [0, 0.05) is 31.7 Å². The Morgan fingerprint density at radius 1 is 1.29 bits per heavy atom. The number of methoxy groups -OCH3 is 1. The summed E-state index contributed by atoms with van der Waals surface area (Å²) in [5.41, 5.74) is 0.576. The molecule has 1 amide bonds. The van der Waals surface area contributed by atoms with E-state index in [2.05, 4.69) is 0 Å². The lowest BCUT2D eigenvalue weighted by Gasteiger charge is -2.35. The van der Waals surface area contributed by atoms with Gasteiger partial charge in [-0.15, -0.1) is 0 Å². The Labute approximate surface area is 142 Å². The lowest BCUT2D eigenvalue weighted by atomic mass is 9.97. The van der Waals surface area contributed by atoms with E-state index in [9.17, 15) is 9.59 Å². The zero-order chi connectivity index (χ0) is 17.4. The van der Waals surface area contributed by atoms with Crippen LogP contribution in [-0.2, 0) is 9.53 Å². The number of hydrogen-bond acceptors (Lipinski definition) is 4. The van der Waals surface area contributed by atoms with Crippen molar-refractivity contribution in [3.05, 3.63) is 29.8 Å². The number of rotatable bonds is 8. The summed E-state index contributed by atoms with van der Waals surface area (Å²) in [7, 11) is 1.61. The summed E-state index contributed by atoms with van der Waals surface area (Å²) in [4.78, 5) is 25.5. The van der Waals surface area contributed by atoms with E-state index >= 15 is 0 Å². The SMILES string of the molecule is COCCOc1cccc(C(=O)N2CCCCC2CCC(=O)O)c1. The third-order valence-corrected chi connectivity index (χ3v) is 4.22. The van der Waals surface area contributed by atoms with Gasteiger partial charge in [0.05, 0.1) is 6.61 Å². The number of ether oxygens (including phenoxy) is 2. The van der Waals surface area contributed by atoms with E-state index in [1.807, 2.05) is 11.0 Å². The van der Waals surface area contributed by atoms with E-state index in [-0.39, 0.29) is 18.4 Å². The van der Waals surface area contributed by atoms with Crippen LogP contribution in [0.2, 0.25) is 0 Å². The molecule has 132 valence electrons. The zero-order valence-electron chi connectivity index (χ0n) is 14.1. The first-order valence-electron chi connectivity index (χ1n) is 8.36. The minimum Gasteiger partial charge on any atom is -0.491 e. The van der Waals surface area contributed by atoms with Crippen LogP contribution in [0.25, 0.3) is 0 Å². The second kappa shape index (κ2) is 9.27. The number of benzene rings is 1. The minimum atomic E-state index is -0.818. The van der Waals surface area contributed by atoms with E-state index < -0.39 is 5.97 Å². The smallest absolute Gasteiger partial charge is 0.303 e. The van der Waals surface area contributed by atoms with Crippen LogP contribution in [0.5, 0.6) is 5.75 Å². The van der Waals surface area contributed by atoms with Gasteiger partial charge in [-0.1, -0.05) is 6.07 Å². The van der Waals surface area contributed by atoms with Crippen molar-refractivity contribution in [3.8, 4) is 5.75 Å². The fraction of sp³-hybridized carbons (Fsp3) is 0.556. The van der Waals surface area contributed by atoms with Crippen LogP contribution in [0.3, 0.4) is 0 Å². The lowest BCUT2D eigenvalue weighted by molar-refractivity contribution is -0.137. The molecular weight excluding hydrogens is 310 g/mol. The lowest BCUT2D eigenvalue weighted by Crippen LogP contribution is -2.44. The summed E-state index contributed by atoms with van der Waals surface area (Å²) < 4.78 is 10.5. The van der Waals surface area contributed by atoms with Gasteiger partial charge in [0.15, 0.2) is 0 Å². The van der Waals surface area contributed by atoms with Crippen molar-refractivity contribution >= 4 is 11.9 Å². The Bertz CT molecular complexity index is 560. The van der Waals surface area contributed by atoms with Crippen molar-refractivity contribution in [1.82, 2.24) is 4.90 Å². The topological polar surface area (TPSA) is 76.1 Å². The predicted molar refractivity (Wildman–Crippen MR) is 89.4 cm³/mol. The van der Waals surface area contributed by atoms with Crippen LogP contribution in [-0.4, -0.2) is 54.8 Å². The summed E-state index contributed by atoms with van der Waals surface area (Å²) >= 11 is 0. The maximum absolute atomic E-state index is 12.8. The fourth-order valence-electron chi connectivity index (χ4n) is 2.99. The Morgan fingerprint density at radius 3 is 2.88 bits per heavy atom. The first-order valence-corrected chi connectivity index (χ1v) is 8.36. The van der Waals surface area contributed by atoms with Crippen LogP contribution in [0, 0.1) is 0 Å². The van der Waals surface area contributed by atoms with Gasteiger partial charge in [-0.3, -0.25) is 9.59 Å². The number of aliphatic carboxylic acids is 1. The quantitative estimate of drug-likeness (QED) is 0.739. The molecule has 1 aliphatic rings. The van der Waals surface area contributed by atoms with Gasteiger partial charge in [-0.25, -0.2) is 0 Å². The predicted octanol–water partition coefficient (Wildman–Crippen LogP) is 2.57. The molecule has 0 bridgehead atoms. The van der Waals surface area contributed by atoms with E-state index in [0.717, 1.165) is 19.3 Å². The van der Waals surface area contributed by atoms with Gasteiger partial charge < -0.3 is 19.5 Å². The third-order valence-electron chi connectivity index (χ3n) is 4.22. The number of carbonyl (C=O) groups is 2. The molecule has 1 heterocycles. The molecule has 1 fully saturated rings. The van der Waals surface area contributed by atoms with Crippen molar-refractivity contribution in [3.63, 3.8) is 0 Å². The van der Waals surface area contributed by atoms with Gasteiger partial charge in [0.1, 0.15) is 12.4 Å². The van der Waals surface area contributed by atoms with Crippen molar-refractivity contribution < 1.29 is 24.2 Å². The summed E-state index contributed by atoms with van der Waals surface area (Å²) in [6.07, 6.45) is 3.45. The molecule has 0 aliphatic carbocycles. The molecule has 1 N–H and O–H groups in total. The Kier molecular flexibility index (Phi) is 7.06. The summed E-state index contributed by atoms with van der Waals surface area (Å²) in [6, 6.07) is 7.12. The number of likely N-dealkylation sites (tertiary alicyclic amines) is 1. The standard InChI is InChI=1S/C18H25NO5/c1-23-11-12-24-16-7-4-5-14(13-16)18(22)19-10-3-2-6-15(19)8-9-17(20)21/h4-5,7,13,15H,2-3,6,8-12H2,1H3,(H,20,21). The van der Waals surface area contributed by atoms with E-state index in [1.165, 1.54) is 0 Å². The minimum absolute atomic E-state index is 0.000385. The molecule has 0 spiro atoms. The third kappa shape index (κ3) is 5.23. The van der Waals surface area contributed by atoms with E-state index in [0.29, 0.717) is 37.5 Å². The molecule has 2 rings (SSSR count). The zero-order valence-corrected chi connectivity index (χ0v) is 14.1. The highest BCUT2D eigenvalue weighted by Crippen LogP contribution is 2.24. The Morgan fingerprint density at radius 2 is 2.12 bits per heavy atom. The van der Waals surface area contributed by atoms with E-state index in [1.54, 1.807) is 25.3 Å². The first kappa shape index (κ1) is 18.3.